The minimum absolute atomic E-state index is 1.06. The summed E-state index contributed by atoms with van der Waals surface area (Å²) in [5, 5.41) is 0. The fraction of sp³-hybridized carbons (Fsp3) is 0.200. The average molecular weight is 258 g/mol. The monoisotopic (exact) mass is 258 g/mol. The first-order chi connectivity index (χ1) is 5.43. The maximum Gasteiger partial charge on any atom is 0.0176 e. The minimum Gasteiger partial charge on any atom is -0.0834 e. The van der Waals surface area contributed by atoms with Gasteiger partial charge in [0.05, 0.1) is 0 Å². The molecule has 1 aromatic rings. The van der Waals surface area contributed by atoms with Crippen LogP contribution < -0.4 is 0 Å². The normalized spacial score (nSPS) is 10.6. The van der Waals surface area contributed by atoms with Gasteiger partial charge in [0.1, 0.15) is 0 Å². The summed E-state index contributed by atoms with van der Waals surface area (Å²) >= 11 is 2.34. The molecule has 0 saturated heterocycles. The first-order valence-electron chi connectivity index (χ1n) is 3.68. The molecule has 0 bridgehead atoms. The van der Waals surface area contributed by atoms with Gasteiger partial charge in [0.2, 0.25) is 0 Å². The molecule has 0 N–H and O–H groups in total. The minimum atomic E-state index is 1.06. The van der Waals surface area contributed by atoms with Crippen LogP contribution in [0.4, 0.5) is 0 Å². The van der Waals surface area contributed by atoms with E-state index in [-0.39, 0.29) is 0 Å². The molecule has 1 heteroatoms. The molecule has 58 valence electrons. The summed E-state index contributed by atoms with van der Waals surface area (Å²) in [4.78, 5) is 0. The van der Waals surface area contributed by atoms with Crippen LogP contribution in [-0.2, 0) is 6.42 Å². The van der Waals surface area contributed by atoms with Crippen LogP contribution in [0.1, 0.15) is 5.56 Å². The predicted molar refractivity (Wildman–Crippen MR) is 58.2 cm³/mol. The number of alkyl halides is 1. The van der Waals surface area contributed by atoms with Crippen molar-refractivity contribution in [2.45, 2.75) is 6.42 Å². The summed E-state index contributed by atoms with van der Waals surface area (Å²) in [5.41, 5.74) is 1.38. The number of allylic oxidation sites excluding steroid dienone is 2. The van der Waals surface area contributed by atoms with E-state index in [9.17, 15) is 0 Å². The number of hydrogen-bond donors (Lipinski definition) is 0. The Morgan fingerprint density at radius 1 is 1.09 bits per heavy atom. The van der Waals surface area contributed by atoms with Crippen LogP contribution in [0, 0.1) is 0 Å². The molecular formula is C10H11I. The van der Waals surface area contributed by atoms with Gasteiger partial charge in [-0.25, -0.2) is 0 Å². The van der Waals surface area contributed by atoms with E-state index in [4.69, 9.17) is 0 Å². The molecule has 0 aliphatic heterocycles. The molecule has 1 rings (SSSR count). The molecule has 0 saturated carbocycles. The van der Waals surface area contributed by atoms with Crippen molar-refractivity contribution in [3.8, 4) is 0 Å². The third-order valence-electron chi connectivity index (χ3n) is 1.45. The number of hydrogen-bond acceptors (Lipinski definition) is 0. The summed E-state index contributed by atoms with van der Waals surface area (Å²) < 4.78 is 1.10. The van der Waals surface area contributed by atoms with Gasteiger partial charge in [0, 0.05) is 4.43 Å². The molecule has 0 fully saturated rings. The molecule has 0 spiro atoms. The molecule has 0 nitrogen and oxygen atoms in total. The zero-order valence-corrected chi connectivity index (χ0v) is 8.49. The van der Waals surface area contributed by atoms with Gasteiger partial charge >= 0.3 is 0 Å². The van der Waals surface area contributed by atoms with Gasteiger partial charge in [-0.1, -0.05) is 65.1 Å². The molecule has 0 aliphatic carbocycles. The van der Waals surface area contributed by atoms with Gasteiger partial charge < -0.3 is 0 Å². The molecule has 1 aromatic carbocycles. The molecule has 0 radical (unpaired) electrons. The standard InChI is InChI=1S/C10H11I/c11-9-5-4-8-10-6-2-1-3-7-10/h1-7H,8-9H2/b5-4+. The predicted octanol–water partition coefficient (Wildman–Crippen LogP) is 3.22. The summed E-state index contributed by atoms with van der Waals surface area (Å²) in [6.45, 7) is 0. The maximum absolute atomic E-state index is 2.34. The van der Waals surface area contributed by atoms with Gasteiger partial charge in [-0.2, -0.15) is 0 Å². The first kappa shape index (κ1) is 8.78. The fourth-order valence-electron chi connectivity index (χ4n) is 0.897. The third kappa shape index (κ3) is 3.56. The number of rotatable bonds is 3. The first-order valence-corrected chi connectivity index (χ1v) is 5.21. The van der Waals surface area contributed by atoms with Crippen molar-refractivity contribution in [1.82, 2.24) is 0 Å². The Labute approximate surface area is 81.5 Å². The van der Waals surface area contributed by atoms with Crippen molar-refractivity contribution in [3.63, 3.8) is 0 Å². The summed E-state index contributed by atoms with van der Waals surface area (Å²) in [7, 11) is 0. The Morgan fingerprint density at radius 2 is 1.82 bits per heavy atom. The molecule has 0 aromatic heterocycles. The lowest BCUT2D eigenvalue weighted by atomic mass is 10.1. The summed E-state index contributed by atoms with van der Waals surface area (Å²) in [5.74, 6) is 0. The third-order valence-corrected chi connectivity index (χ3v) is 1.96. The molecular weight excluding hydrogens is 247 g/mol. The van der Waals surface area contributed by atoms with Crippen LogP contribution in [0.2, 0.25) is 0 Å². The van der Waals surface area contributed by atoms with Crippen molar-refractivity contribution in [1.29, 1.82) is 0 Å². The topological polar surface area (TPSA) is 0 Å². The quantitative estimate of drug-likeness (QED) is 0.443. The molecule has 0 amide bonds. The SMILES string of the molecule is IC/C=C/Cc1ccccc1. The largest absolute Gasteiger partial charge is 0.0834 e. The highest BCUT2D eigenvalue weighted by Gasteiger charge is 1.83. The van der Waals surface area contributed by atoms with E-state index in [1.807, 2.05) is 6.07 Å². The highest BCUT2D eigenvalue weighted by molar-refractivity contribution is 14.1. The van der Waals surface area contributed by atoms with Gasteiger partial charge in [-0.05, 0) is 12.0 Å². The Morgan fingerprint density at radius 3 is 2.45 bits per heavy atom. The van der Waals surface area contributed by atoms with Crippen molar-refractivity contribution in [2.24, 2.45) is 0 Å². The van der Waals surface area contributed by atoms with Crippen molar-refractivity contribution in [2.75, 3.05) is 4.43 Å². The zero-order chi connectivity index (χ0) is 7.94. The Bertz CT molecular complexity index is 214. The number of benzene rings is 1. The van der Waals surface area contributed by atoms with Gasteiger partial charge in [-0.15, -0.1) is 0 Å². The van der Waals surface area contributed by atoms with E-state index in [1.54, 1.807) is 0 Å². The lowest BCUT2D eigenvalue weighted by molar-refractivity contribution is 1.27. The molecule has 0 aliphatic rings. The highest BCUT2D eigenvalue weighted by Crippen LogP contribution is 2.00. The van der Waals surface area contributed by atoms with Crippen LogP contribution in [0.15, 0.2) is 42.5 Å². The van der Waals surface area contributed by atoms with Crippen LogP contribution in [0.25, 0.3) is 0 Å². The second-order valence-electron chi connectivity index (χ2n) is 2.32. The smallest absolute Gasteiger partial charge is 0.0176 e. The molecule has 0 unspecified atom stereocenters. The van der Waals surface area contributed by atoms with Crippen molar-refractivity contribution >= 4 is 22.6 Å². The van der Waals surface area contributed by atoms with E-state index in [2.05, 4.69) is 59.0 Å². The van der Waals surface area contributed by atoms with Gasteiger partial charge in [-0.3, -0.25) is 0 Å². The Hall–Kier alpha value is -0.310. The summed E-state index contributed by atoms with van der Waals surface area (Å²) in [6.07, 6.45) is 5.46. The van der Waals surface area contributed by atoms with E-state index in [0.29, 0.717) is 0 Å². The lowest BCUT2D eigenvalue weighted by Crippen LogP contribution is -1.77. The Balaban J connectivity index is 2.45. The maximum atomic E-state index is 2.34. The van der Waals surface area contributed by atoms with Crippen molar-refractivity contribution in [3.05, 3.63) is 48.0 Å². The zero-order valence-electron chi connectivity index (χ0n) is 6.33. The summed E-state index contributed by atoms with van der Waals surface area (Å²) in [6, 6.07) is 10.5. The van der Waals surface area contributed by atoms with Gasteiger partial charge in [0.25, 0.3) is 0 Å². The van der Waals surface area contributed by atoms with Crippen LogP contribution in [-0.4, -0.2) is 4.43 Å². The second kappa shape index (κ2) is 5.35. The Kier molecular flexibility index (Phi) is 4.28. The molecule has 0 heterocycles. The molecule has 11 heavy (non-hydrogen) atoms. The molecule has 0 atom stereocenters. The van der Waals surface area contributed by atoms with E-state index >= 15 is 0 Å². The van der Waals surface area contributed by atoms with Crippen LogP contribution in [0.3, 0.4) is 0 Å². The number of halogens is 1. The van der Waals surface area contributed by atoms with E-state index < -0.39 is 0 Å². The lowest BCUT2D eigenvalue weighted by Gasteiger charge is -1.92. The highest BCUT2D eigenvalue weighted by atomic mass is 127. The second-order valence-corrected chi connectivity index (χ2v) is 3.20. The van der Waals surface area contributed by atoms with E-state index in [1.165, 1.54) is 5.56 Å². The van der Waals surface area contributed by atoms with Crippen LogP contribution in [0.5, 0.6) is 0 Å². The van der Waals surface area contributed by atoms with Crippen LogP contribution >= 0.6 is 22.6 Å². The average Bonchev–Trinajstić information content (AvgIpc) is 2.07. The fourth-order valence-corrected chi connectivity index (χ4v) is 1.26. The van der Waals surface area contributed by atoms with Gasteiger partial charge in [0.15, 0.2) is 0 Å². The van der Waals surface area contributed by atoms with Crippen molar-refractivity contribution < 1.29 is 0 Å². The van der Waals surface area contributed by atoms with E-state index in [0.717, 1.165) is 10.8 Å².